The normalized spacial score (nSPS) is 16.1. The maximum Gasteiger partial charge on any atom is 0.309 e. The summed E-state index contributed by atoms with van der Waals surface area (Å²) in [6.07, 6.45) is 4.30. The zero-order valence-electron chi connectivity index (χ0n) is 11.9. The highest BCUT2D eigenvalue weighted by molar-refractivity contribution is 5.72. The van der Waals surface area contributed by atoms with Gasteiger partial charge in [-0.15, -0.1) is 0 Å². The third kappa shape index (κ3) is 3.80. The molecule has 3 heteroatoms. The number of esters is 1. The van der Waals surface area contributed by atoms with E-state index in [4.69, 9.17) is 4.74 Å². The summed E-state index contributed by atoms with van der Waals surface area (Å²) in [5.41, 5.74) is 2.81. The van der Waals surface area contributed by atoms with Gasteiger partial charge < -0.3 is 10.1 Å². The lowest BCUT2D eigenvalue weighted by Crippen LogP contribution is -2.24. The van der Waals surface area contributed by atoms with E-state index in [2.05, 4.69) is 18.3 Å². The number of hydrogen-bond donors (Lipinski definition) is 1. The van der Waals surface area contributed by atoms with Crippen LogP contribution in [0.3, 0.4) is 0 Å². The molecule has 1 aliphatic carbocycles. The average molecular weight is 261 g/mol. The van der Waals surface area contributed by atoms with Crippen LogP contribution in [0.25, 0.3) is 0 Å². The number of carbonyl (C=O) groups excluding carboxylic acids is 1. The van der Waals surface area contributed by atoms with Gasteiger partial charge in [0.15, 0.2) is 0 Å². The fourth-order valence-corrected chi connectivity index (χ4v) is 2.42. The predicted molar refractivity (Wildman–Crippen MR) is 75.8 cm³/mol. The molecule has 0 radical (unpaired) electrons. The number of carbonyl (C=O) groups is 1. The van der Waals surface area contributed by atoms with Crippen LogP contribution >= 0.6 is 0 Å². The third-order valence-corrected chi connectivity index (χ3v) is 4.20. The van der Waals surface area contributed by atoms with Crippen molar-refractivity contribution in [2.75, 3.05) is 13.7 Å². The van der Waals surface area contributed by atoms with Gasteiger partial charge in [-0.05, 0) is 35.8 Å². The monoisotopic (exact) mass is 261 g/mol. The van der Waals surface area contributed by atoms with Gasteiger partial charge >= 0.3 is 5.97 Å². The molecule has 1 aromatic rings. The van der Waals surface area contributed by atoms with Crippen molar-refractivity contribution in [1.29, 1.82) is 0 Å². The van der Waals surface area contributed by atoms with Crippen molar-refractivity contribution >= 4 is 5.97 Å². The van der Waals surface area contributed by atoms with Crippen LogP contribution in [0.5, 0.6) is 0 Å². The van der Waals surface area contributed by atoms with Crippen molar-refractivity contribution in [1.82, 2.24) is 5.32 Å². The third-order valence-electron chi connectivity index (χ3n) is 4.20. The Morgan fingerprint density at radius 3 is 2.58 bits per heavy atom. The van der Waals surface area contributed by atoms with Crippen LogP contribution in [0.2, 0.25) is 0 Å². The van der Waals surface area contributed by atoms with Crippen LogP contribution in [-0.2, 0) is 22.5 Å². The summed E-state index contributed by atoms with van der Waals surface area (Å²) >= 11 is 0. The van der Waals surface area contributed by atoms with E-state index in [1.165, 1.54) is 31.9 Å². The van der Waals surface area contributed by atoms with Gasteiger partial charge in [0.05, 0.1) is 13.5 Å². The Labute approximate surface area is 115 Å². The van der Waals surface area contributed by atoms with Crippen LogP contribution in [0, 0.1) is 5.41 Å². The first kappa shape index (κ1) is 14.1. The topological polar surface area (TPSA) is 38.3 Å². The van der Waals surface area contributed by atoms with Gasteiger partial charge in [0.1, 0.15) is 0 Å². The minimum Gasteiger partial charge on any atom is -0.469 e. The molecule has 0 heterocycles. The minimum absolute atomic E-state index is 0.181. The molecule has 1 fully saturated rings. The van der Waals surface area contributed by atoms with Gasteiger partial charge in [-0.25, -0.2) is 0 Å². The summed E-state index contributed by atoms with van der Waals surface area (Å²) in [7, 11) is 1.43. The van der Waals surface area contributed by atoms with E-state index in [0.29, 0.717) is 11.8 Å². The zero-order valence-corrected chi connectivity index (χ0v) is 11.9. The van der Waals surface area contributed by atoms with Gasteiger partial charge in [0, 0.05) is 13.1 Å². The molecule has 0 atom stereocenters. The van der Waals surface area contributed by atoms with Crippen LogP contribution in [-0.4, -0.2) is 19.6 Å². The van der Waals surface area contributed by atoms with Crippen molar-refractivity contribution in [2.24, 2.45) is 5.41 Å². The Bertz CT molecular complexity index is 438. The van der Waals surface area contributed by atoms with E-state index in [-0.39, 0.29) is 5.97 Å². The highest BCUT2D eigenvalue weighted by Crippen LogP contribution is 2.47. The Morgan fingerprint density at radius 1 is 1.32 bits per heavy atom. The number of hydrogen-bond acceptors (Lipinski definition) is 3. The second-order valence-corrected chi connectivity index (χ2v) is 5.48. The van der Waals surface area contributed by atoms with Gasteiger partial charge in [-0.2, -0.15) is 0 Å². The largest absolute Gasteiger partial charge is 0.469 e. The minimum atomic E-state index is -0.181. The Balaban J connectivity index is 1.90. The van der Waals surface area contributed by atoms with Crippen molar-refractivity contribution in [3.8, 4) is 0 Å². The predicted octanol–water partition coefficient (Wildman–Crippen LogP) is 2.68. The van der Waals surface area contributed by atoms with E-state index in [0.717, 1.165) is 18.7 Å². The average Bonchev–Trinajstić information content (AvgIpc) is 3.21. The van der Waals surface area contributed by atoms with E-state index in [1.54, 1.807) is 0 Å². The second-order valence-electron chi connectivity index (χ2n) is 5.48. The smallest absolute Gasteiger partial charge is 0.309 e. The lowest BCUT2D eigenvalue weighted by Gasteiger charge is -2.15. The molecule has 0 unspecified atom stereocenters. The number of ether oxygens (including phenoxy) is 1. The molecule has 3 nitrogen and oxygen atoms in total. The van der Waals surface area contributed by atoms with Gasteiger partial charge in [0.2, 0.25) is 0 Å². The van der Waals surface area contributed by atoms with Crippen molar-refractivity contribution < 1.29 is 9.53 Å². The van der Waals surface area contributed by atoms with E-state index < -0.39 is 0 Å². The fraction of sp³-hybridized carbons (Fsp3) is 0.562. The first-order chi connectivity index (χ1) is 9.19. The summed E-state index contributed by atoms with van der Waals surface area (Å²) in [5.74, 6) is -0.181. The van der Waals surface area contributed by atoms with Crippen LogP contribution in [0.15, 0.2) is 24.3 Å². The van der Waals surface area contributed by atoms with E-state index in [1.807, 2.05) is 18.2 Å². The van der Waals surface area contributed by atoms with Crippen LogP contribution < -0.4 is 5.32 Å². The fourth-order valence-electron chi connectivity index (χ4n) is 2.42. The number of rotatable bonds is 7. The first-order valence-electron chi connectivity index (χ1n) is 7.03. The molecule has 0 aromatic heterocycles. The van der Waals surface area contributed by atoms with Crippen molar-refractivity contribution in [3.05, 3.63) is 35.4 Å². The Kier molecular flexibility index (Phi) is 4.59. The van der Waals surface area contributed by atoms with Crippen molar-refractivity contribution in [3.63, 3.8) is 0 Å². The molecular formula is C16H23NO2. The molecule has 0 aliphatic heterocycles. The zero-order chi connectivity index (χ0) is 13.7. The number of nitrogens with one attached hydrogen (secondary N) is 1. The van der Waals surface area contributed by atoms with Gasteiger partial charge in [-0.1, -0.05) is 31.2 Å². The van der Waals surface area contributed by atoms with Crippen molar-refractivity contribution in [2.45, 2.75) is 39.2 Å². The molecule has 0 amide bonds. The molecule has 1 N–H and O–H groups in total. The molecule has 0 spiro atoms. The maximum atomic E-state index is 11.4. The second kappa shape index (κ2) is 6.20. The lowest BCUT2D eigenvalue weighted by molar-refractivity contribution is -0.139. The summed E-state index contributed by atoms with van der Waals surface area (Å²) < 4.78 is 4.74. The SMILES string of the molecule is CCC1(CNCc2ccccc2CC(=O)OC)CC1. The van der Waals surface area contributed by atoms with E-state index in [9.17, 15) is 4.79 Å². The van der Waals surface area contributed by atoms with Crippen LogP contribution in [0.1, 0.15) is 37.3 Å². The summed E-state index contributed by atoms with van der Waals surface area (Å²) in [5, 5.41) is 3.53. The Hall–Kier alpha value is -1.35. The molecule has 0 bridgehead atoms. The quantitative estimate of drug-likeness (QED) is 0.767. The highest BCUT2D eigenvalue weighted by Gasteiger charge is 2.39. The summed E-state index contributed by atoms with van der Waals surface area (Å²) in [6.45, 7) is 4.17. The first-order valence-corrected chi connectivity index (χ1v) is 7.03. The molecule has 1 aromatic carbocycles. The number of methoxy groups -OCH3 is 1. The number of benzene rings is 1. The Morgan fingerprint density at radius 2 is 2.00 bits per heavy atom. The van der Waals surface area contributed by atoms with Gasteiger partial charge in [0.25, 0.3) is 0 Å². The molecule has 2 rings (SSSR count). The van der Waals surface area contributed by atoms with Crippen LogP contribution in [0.4, 0.5) is 0 Å². The van der Waals surface area contributed by atoms with E-state index >= 15 is 0 Å². The molecule has 19 heavy (non-hydrogen) atoms. The standard InChI is InChI=1S/C16H23NO2/c1-3-16(8-9-16)12-17-11-14-7-5-4-6-13(14)10-15(18)19-2/h4-7,17H,3,8-12H2,1-2H3. The lowest BCUT2D eigenvalue weighted by atomic mass is 10.0. The molecule has 104 valence electrons. The summed E-state index contributed by atoms with van der Waals surface area (Å²) in [6, 6.07) is 8.07. The molecular weight excluding hydrogens is 238 g/mol. The molecule has 0 saturated heterocycles. The molecule has 1 saturated carbocycles. The molecule has 1 aliphatic rings. The highest BCUT2D eigenvalue weighted by atomic mass is 16.5. The maximum absolute atomic E-state index is 11.4. The van der Waals surface area contributed by atoms with Gasteiger partial charge in [-0.3, -0.25) is 4.79 Å². The summed E-state index contributed by atoms with van der Waals surface area (Å²) in [4.78, 5) is 11.4.